The van der Waals surface area contributed by atoms with Crippen molar-refractivity contribution < 1.29 is 9.52 Å². The first-order valence-corrected chi connectivity index (χ1v) is 5.33. The average Bonchev–Trinajstić information content (AvgIpc) is 2.61. The molecule has 0 fully saturated rings. The van der Waals surface area contributed by atoms with Gasteiger partial charge in [-0.1, -0.05) is 37.6 Å². The summed E-state index contributed by atoms with van der Waals surface area (Å²) in [6, 6.07) is 7.40. The highest BCUT2D eigenvalue weighted by molar-refractivity contribution is 6.34. The molecule has 0 radical (unpaired) electrons. The Morgan fingerprint density at radius 3 is 2.67 bits per heavy atom. The maximum atomic E-state index is 9.85. The van der Waals surface area contributed by atoms with Crippen LogP contribution in [0.4, 0.5) is 0 Å². The first kappa shape index (κ1) is 10.5. The molecule has 1 heterocycles. The second-order valence-corrected chi connectivity index (χ2v) is 4.40. The Bertz CT molecular complexity index is 473. The van der Waals surface area contributed by atoms with Gasteiger partial charge in [-0.15, -0.1) is 0 Å². The number of para-hydroxylation sites is 1. The molecule has 2 aromatic rings. The van der Waals surface area contributed by atoms with E-state index in [4.69, 9.17) is 16.0 Å². The van der Waals surface area contributed by atoms with Crippen molar-refractivity contribution >= 4 is 22.6 Å². The Labute approximate surface area is 93.5 Å². The van der Waals surface area contributed by atoms with Crippen LogP contribution >= 0.6 is 11.6 Å². The summed E-state index contributed by atoms with van der Waals surface area (Å²) in [6.45, 7) is 3.89. The molecule has 1 N–H and O–H groups in total. The zero-order chi connectivity index (χ0) is 11.0. The molecule has 1 aromatic carbocycles. The summed E-state index contributed by atoms with van der Waals surface area (Å²) >= 11 is 5.98. The second-order valence-electron chi connectivity index (χ2n) is 4.00. The molecule has 0 aliphatic carbocycles. The third kappa shape index (κ3) is 1.87. The van der Waals surface area contributed by atoms with Gasteiger partial charge in [0.1, 0.15) is 11.9 Å². The van der Waals surface area contributed by atoms with Crippen LogP contribution in [0.2, 0.25) is 5.02 Å². The summed E-state index contributed by atoms with van der Waals surface area (Å²) in [4.78, 5) is 0. The summed E-state index contributed by atoms with van der Waals surface area (Å²) in [5.41, 5.74) is 0.647. The van der Waals surface area contributed by atoms with Crippen LogP contribution in [0.25, 0.3) is 11.0 Å². The number of benzene rings is 1. The third-order valence-corrected chi connectivity index (χ3v) is 2.74. The molecular formula is C12H13ClO2. The van der Waals surface area contributed by atoms with E-state index in [1.165, 1.54) is 0 Å². The number of aliphatic hydroxyl groups excluding tert-OH is 1. The van der Waals surface area contributed by atoms with Crippen molar-refractivity contribution in [1.29, 1.82) is 0 Å². The molecule has 0 bridgehead atoms. The molecule has 15 heavy (non-hydrogen) atoms. The van der Waals surface area contributed by atoms with Crippen LogP contribution in [-0.2, 0) is 0 Å². The van der Waals surface area contributed by atoms with Gasteiger partial charge in [0.25, 0.3) is 0 Å². The van der Waals surface area contributed by atoms with Gasteiger partial charge in [0.15, 0.2) is 5.58 Å². The highest BCUT2D eigenvalue weighted by Crippen LogP contribution is 2.31. The van der Waals surface area contributed by atoms with Gasteiger partial charge in [0.2, 0.25) is 0 Å². The highest BCUT2D eigenvalue weighted by atomic mass is 35.5. The fourth-order valence-electron chi connectivity index (χ4n) is 1.52. The number of halogens is 1. The number of hydrogen-bond acceptors (Lipinski definition) is 2. The van der Waals surface area contributed by atoms with Crippen molar-refractivity contribution in [3.05, 3.63) is 35.0 Å². The second kappa shape index (κ2) is 3.87. The Morgan fingerprint density at radius 1 is 1.33 bits per heavy atom. The molecule has 0 saturated carbocycles. The van der Waals surface area contributed by atoms with Crippen molar-refractivity contribution in [2.75, 3.05) is 0 Å². The van der Waals surface area contributed by atoms with Crippen LogP contribution in [0.3, 0.4) is 0 Å². The summed E-state index contributed by atoms with van der Waals surface area (Å²) in [6.07, 6.45) is -0.575. The van der Waals surface area contributed by atoms with Gasteiger partial charge in [0, 0.05) is 5.39 Å². The van der Waals surface area contributed by atoms with Gasteiger partial charge in [-0.2, -0.15) is 0 Å². The Morgan fingerprint density at radius 2 is 2.07 bits per heavy atom. The normalized spacial score (nSPS) is 13.7. The number of rotatable bonds is 2. The lowest BCUT2D eigenvalue weighted by Crippen LogP contribution is -2.03. The number of hydrogen-bond donors (Lipinski definition) is 1. The lowest BCUT2D eigenvalue weighted by molar-refractivity contribution is 0.104. The van der Waals surface area contributed by atoms with Crippen LogP contribution in [0.15, 0.2) is 28.7 Å². The molecule has 0 spiro atoms. The van der Waals surface area contributed by atoms with E-state index in [0.717, 1.165) is 5.39 Å². The quantitative estimate of drug-likeness (QED) is 0.842. The summed E-state index contributed by atoms with van der Waals surface area (Å²) in [7, 11) is 0. The molecule has 80 valence electrons. The van der Waals surface area contributed by atoms with Crippen molar-refractivity contribution in [3.8, 4) is 0 Å². The standard InChI is InChI=1S/C12H13ClO2/c1-7(2)11(14)10-6-8-4-3-5-9(13)12(8)15-10/h3-7,11,14H,1-2H3. The minimum Gasteiger partial charge on any atom is -0.457 e. The van der Waals surface area contributed by atoms with Crippen LogP contribution in [-0.4, -0.2) is 5.11 Å². The number of furan rings is 1. The topological polar surface area (TPSA) is 33.4 Å². The summed E-state index contributed by atoms with van der Waals surface area (Å²) in [5, 5.41) is 11.4. The van der Waals surface area contributed by atoms with E-state index >= 15 is 0 Å². The molecule has 1 atom stereocenters. The van der Waals surface area contributed by atoms with Gasteiger partial charge in [0.05, 0.1) is 5.02 Å². The van der Waals surface area contributed by atoms with Crippen molar-refractivity contribution in [3.63, 3.8) is 0 Å². The van der Waals surface area contributed by atoms with Gasteiger partial charge in [-0.3, -0.25) is 0 Å². The summed E-state index contributed by atoms with van der Waals surface area (Å²) in [5.74, 6) is 0.706. The minimum atomic E-state index is -0.575. The van der Waals surface area contributed by atoms with Crippen molar-refractivity contribution in [2.45, 2.75) is 20.0 Å². The fourth-order valence-corrected chi connectivity index (χ4v) is 1.74. The van der Waals surface area contributed by atoms with Gasteiger partial charge in [-0.05, 0) is 18.1 Å². The van der Waals surface area contributed by atoms with Crippen molar-refractivity contribution in [1.82, 2.24) is 0 Å². The Kier molecular flexibility index (Phi) is 2.72. The van der Waals surface area contributed by atoms with Crippen LogP contribution in [0.1, 0.15) is 25.7 Å². The Hall–Kier alpha value is -0.990. The average molecular weight is 225 g/mol. The van der Waals surface area contributed by atoms with E-state index in [2.05, 4.69) is 0 Å². The van der Waals surface area contributed by atoms with Gasteiger partial charge >= 0.3 is 0 Å². The van der Waals surface area contributed by atoms with E-state index in [1.807, 2.05) is 32.0 Å². The lowest BCUT2D eigenvalue weighted by atomic mass is 10.1. The van der Waals surface area contributed by atoms with Gasteiger partial charge in [-0.25, -0.2) is 0 Å². The predicted molar refractivity (Wildman–Crippen MR) is 61.0 cm³/mol. The van der Waals surface area contributed by atoms with E-state index in [1.54, 1.807) is 6.07 Å². The summed E-state index contributed by atoms with van der Waals surface area (Å²) < 4.78 is 5.54. The molecule has 1 unspecified atom stereocenters. The van der Waals surface area contributed by atoms with Crippen LogP contribution in [0.5, 0.6) is 0 Å². The van der Waals surface area contributed by atoms with E-state index in [-0.39, 0.29) is 5.92 Å². The monoisotopic (exact) mass is 224 g/mol. The number of fused-ring (bicyclic) bond motifs is 1. The number of aliphatic hydroxyl groups is 1. The predicted octanol–water partition coefficient (Wildman–Crippen LogP) is 3.78. The molecule has 0 saturated heterocycles. The molecule has 0 aliphatic rings. The highest BCUT2D eigenvalue weighted by Gasteiger charge is 2.17. The van der Waals surface area contributed by atoms with Crippen LogP contribution in [0, 0.1) is 5.92 Å². The zero-order valence-electron chi connectivity index (χ0n) is 8.70. The molecule has 3 heteroatoms. The molecular weight excluding hydrogens is 212 g/mol. The first-order valence-electron chi connectivity index (χ1n) is 4.95. The zero-order valence-corrected chi connectivity index (χ0v) is 9.45. The molecule has 2 rings (SSSR count). The smallest absolute Gasteiger partial charge is 0.152 e. The van der Waals surface area contributed by atoms with E-state index < -0.39 is 6.10 Å². The van der Waals surface area contributed by atoms with E-state index in [0.29, 0.717) is 16.4 Å². The third-order valence-electron chi connectivity index (χ3n) is 2.44. The SMILES string of the molecule is CC(C)C(O)c1cc2cccc(Cl)c2o1. The maximum Gasteiger partial charge on any atom is 0.152 e. The molecule has 2 nitrogen and oxygen atoms in total. The Balaban J connectivity index is 2.52. The molecule has 0 amide bonds. The minimum absolute atomic E-state index is 0.129. The maximum absolute atomic E-state index is 9.85. The largest absolute Gasteiger partial charge is 0.457 e. The fraction of sp³-hybridized carbons (Fsp3) is 0.333. The van der Waals surface area contributed by atoms with Crippen LogP contribution < -0.4 is 0 Å². The molecule has 0 aliphatic heterocycles. The molecule has 1 aromatic heterocycles. The van der Waals surface area contributed by atoms with Crippen molar-refractivity contribution in [2.24, 2.45) is 5.92 Å². The lowest BCUT2D eigenvalue weighted by Gasteiger charge is -2.10. The van der Waals surface area contributed by atoms with E-state index in [9.17, 15) is 5.11 Å². The first-order chi connectivity index (χ1) is 7.09. The van der Waals surface area contributed by atoms with Gasteiger partial charge < -0.3 is 9.52 Å².